The van der Waals surface area contributed by atoms with Gasteiger partial charge in [0.15, 0.2) is 0 Å². The van der Waals surface area contributed by atoms with Crippen LogP contribution < -0.4 is 15.5 Å². The second kappa shape index (κ2) is 13.4. The Morgan fingerprint density at radius 3 is 2.37 bits per heavy atom. The van der Waals surface area contributed by atoms with E-state index in [0.717, 1.165) is 50.5 Å². The lowest BCUT2D eigenvalue weighted by molar-refractivity contribution is 0.0952. The fourth-order valence-electron chi connectivity index (χ4n) is 4.37. The van der Waals surface area contributed by atoms with Crippen LogP contribution in [0.25, 0.3) is 0 Å². The normalized spacial score (nSPS) is 14.1. The van der Waals surface area contributed by atoms with Gasteiger partial charge in [-0.2, -0.15) is 11.3 Å². The largest absolute Gasteiger partial charge is 0.367 e. The summed E-state index contributed by atoms with van der Waals surface area (Å²) in [7, 11) is 4.17. The van der Waals surface area contributed by atoms with Gasteiger partial charge in [0.1, 0.15) is 0 Å². The van der Waals surface area contributed by atoms with E-state index in [0.29, 0.717) is 39.8 Å². The number of piperazine rings is 1. The summed E-state index contributed by atoms with van der Waals surface area (Å²) in [5.41, 5.74) is 3.43. The number of benzene rings is 2. The zero-order valence-corrected chi connectivity index (χ0v) is 24.0. The van der Waals surface area contributed by atoms with Gasteiger partial charge in [0.25, 0.3) is 11.8 Å². The SMILES string of the molecule is CN(C)CCN1CCN(c2ccc(C(=O)NCCc3c(Cl)cccc3Cl)cc2NC(=O)c2ccsc2)CC1. The van der Waals surface area contributed by atoms with E-state index in [4.69, 9.17) is 23.2 Å². The van der Waals surface area contributed by atoms with Gasteiger partial charge in [-0.3, -0.25) is 14.5 Å². The molecule has 202 valence electrons. The molecule has 2 amide bonds. The van der Waals surface area contributed by atoms with Crippen LogP contribution in [0.2, 0.25) is 10.0 Å². The van der Waals surface area contributed by atoms with Gasteiger partial charge in [-0.1, -0.05) is 29.3 Å². The molecular formula is C28H33Cl2N5O2S. The topological polar surface area (TPSA) is 67.9 Å². The van der Waals surface area contributed by atoms with E-state index in [1.807, 2.05) is 22.9 Å². The number of hydrogen-bond donors (Lipinski definition) is 2. The molecule has 0 radical (unpaired) electrons. The Bertz CT molecular complexity index is 1220. The van der Waals surface area contributed by atoms with Crippen molar-refractivity contribution in [3.05, 3.63) is 80.0 Å². The molecule has 38 heavy (non-hydrogen) atoms. The van der Waals surface area contributed by atoms with E-state index in [-0.39, 0.29) is 11.8 Å². The minimum absolute atomic E-state index is 0.192. The van der Waals surface area contributed by atoms with Gasteiger partial charge in [-0.25, -0.2) is 0 Å². The van der Waals surface area contributed by atoms with Crippen LogP contribution in [0.5, 0.6) is 0 Å². The minimum atomic E-state index is -0.223. The van der Waals surface area contributed by atoms with Crippen LogP contribution in [0.15, 0.2) is 53.2 Å². The van der Waals surface area contributed by atoms with Crippen molar-refractivity contribution in [1.82, 2.24) is 15.1 Å². The molecule has 1 aliphatic heterocycles. The van der Waals surface area contributed by atoms with Crippen LogP contribution in [-0.4, -0.2) is 81.5 Å². The van der Waals surface area contributed by atoms with E-state index >= 15 is 0 Å². The average Bonchev–Trinajstić information content (AvgIpc) is 3.45. The van der Waals surface area contributed by atoms with Crippen LogP contribution in [0, 0.1) is 0 Å². The molecule has 1 fully saturated rings. The second-order valence-electron chi connectivity index (χ2n) is 9.54. The summed E-state index contributed by atoms with van der Waals surface area (Å²) in [5.74, 6) is -0.415. The number of nitrogens with one attached hydrogen (secondary N) is 2. The maximum Gasteiger partial charge on any atom is 0.256 e. The van der Waals surface area contributed by atoms with Crippen molar-refractivity contribution >= 4 is 57.7 Å². The molecule has 0 spiro atoms. The first kappa shape index (κ1) is 28.4. The smallest absolute Gasteiger partial charge is 0.256 e. The van der Waals surface area contributed by atoms with Crippen LogP contribution in [0.3, 0.4) is 0 Å². The molecular weight excluding hydrogens is 541 g/mol. The molecule has 0 saturated carbocycles. The summed E-state index contributed by atoms with van der Waals surface area (Å²) in [5, 5.41) is 10.8. The highest BCUT2D eigenvalue weighted by Crippen LogP contribution is 2.29. The molecule has 1 aliphatic rings. The lowest BCUT2D eigenvalue weighted by atomic mass is 10.1. The Balaban J connectivity index is 1.46. The first-order valence-corrected chi connectivity index (χ1v) is 14.3. The monoisotopic (exact) mass is 573 g/mol. The third kappa shape index (κ3) is 7.48. The van der Waals surface area contributed by atoms with Crippen molar-refractivity contribution in [2.75, 3.05) is 70.1 Å². The summed E-state index contributed by atoms with van der Waals surface area (Å²) in [6, 6.07) is 12.7. The minimum Gasteiger partial charge on any atom is -0.367 e. The van der Waals surface area contributed by atoms with Gasteiger partial charge in [0.2, 0.25) is 0 Å². The predicted molar refractivity (Wildman–Crippen MR) is 158 cm³/mol. The Morgan fingerprint density at radius 2 is 1.71 bits per heavy atom. The first-order chi connectivity index (χ1) is 18.3. The molecule has 0 bridgehead atoms. The molecule has 7 nitrogen and oxygen atoms in total. The van der Waals surface area contributed by atoms with Crippen LogP contribution in [0.1, 0.15) is 26.3 Å². The fourth-order valence-corrected chi connectivity index (χ4v) is 5.59. The molecule has 2 aromatic carbocycles. The summed E-state index contributed by atoms with van der Waals surface area (Å²) >= 11 is 14.0. The highest BCUT2D eigenvalue weighted by atomic mass is 35.5. The van der Waals surface area contributed by atoms with Crippen molar-refractivity contribution in [1.29, 1.82) is 0 Å². The standard InChI is InChI=1S/C28H33Cl2N5O2S/c1-33(2)11-12-34-13-15-35(16-14-34)26-7-6-20(18-25(26)32-28(37)21-9-17-38-19-21)27(36)31-10-8-22-23(29)4-3-5-24(22)30/h3-7,9,17-19H,8,10-16H2,1-2H3,(H,31,36)(H,32,37). The van der Waals surface area contributed by atoms with Gasteiger partial charge in [0, 0.05) is 66.8 Å². The molecule has 1 aromatic heterocycles. The molecule has 0 atom stereocenters. The lowest BCUT2D eigenvalue weighted by Gasteiger charge is -2.37. The summed E-state index contributed by atoms with van der Waals surface area (Å²) in [4.78, 5) is 32.9. The third-order valence-electron chi connectivity index (χ3n) is 6.59. The van der Waals surface area contributed by atoms with Gasteiger partial charge >= 0.3 is 0 Å². The number of rotatable bonds is 10. The lowest BCUT2D eigenvalue weighted by Crippen LogP contribution is -2.48. The third-order valence-corrected chi connectivity index (χ3v) is 7.98. The number of amides is 2. The fraction of sp³-hybridized carbons (Fsp3) is 0.357. The highest BCUT2D eigenvalue weighted by molar-refractivity contribution is 7.08. The van der Waals surface area contributed by atoms with E-state index < -0.39 is 0 Å². The molecule has 0 aliphatic carbocycles. The van der Waals surface area contributed by atoms with E-state index in [2.05, 4.69) is 39.4 Å². The number of hydrogen-bond acceptors (Lipinski definition) is 6. The molecule has 4 rings (SSSR count). The van der Waals surface area contributed by atoms with E-state index in [1.165, 1.54) is 11.3 Å². The van der Waals surface area contributed by atoms with Crippen molar-refractivity contribution in [2.45, 2.75) is 6.42 Å². The summed E-state index contributed by atoms with van der Waals surface area (Å²) in [6.45, 7) is 6.01. The van der Waals surface area contributed by atoms with Crippen molar-refractivity contribution < 1.29 is 9.59 Å². The zero-order valence-electron chi connectivity index (χ0n) is 21.7. The molecule has 0 unspecified atom stereocenters. The Labute approximate surface area is 238 Å². The molecule has 2 heterocycles. The Kier molecular flexibility index (Phi) is 10.0. The van der Waals surface area contributed by atoms with Gasteiger partial charge in [-0.05, 0) is 67.9 Å². The predicted octanol–water partition coefficient (Wildman–Crippen LogP) is 4.96. The number of likely N-dealkylation sites (N-methyl/N-ethyl adjacent to an activating group) is 1. The van der Waals surface area contributed by atoms with Crippen molar-refractivity contribution in [3.8, 4) is 0 Å². The number of anilines is 2. The van der Waals surface area contributed by atoms with Gasteiger partial charge in [-0.15, -0.1) is 0 Å². The molecule has 2 N–H and O–H groups in total. The Morgan fingerprint density at radius 1 is 0.974 bits per heavy atom. The number of carbonyl (C=O) groups is 2. The maximum absolute atomic E-state index is 13.0. The summed E-state index contributed by atoms with van der Waals surface area (Å²) < 4.78 is 0. The van der Waals surface area contributed by atoms with Crippen molar-refractivity contribution in [2.24, 2.45) is 0 Å². The molecule has 1 saturated heterocycles. The number of carbonyl (C=O) groups excluding carboxylic acids is 2. The first-order valence-electron chi connectivity index (χ1n) is 12.6. The average molecular weight is 575 g/mol. The van der Waals surface area contributed by atoms with Crippen LogP contribution >= 0.6 is 34.5 Å². The molecule has 10 heteroatoms. The van der Waals surface area contributed by atoms with Gasteiger partial charge in [0.05, 0.1) is 16.9 Å². The van der Waals surface area contributed by atoms with E-state index in [9.17, 15) is 9.59 Å². The number of halogens is 2. The quantitative estimate of drug-likeness (QED) is 0.358. The summed E-state index contributed by atoms with van der Waals surface area (Å²) in [6.07, 6.45) is 0.516. The Hall–Kier alpha value is -2.62. The van der Waals surface area contributed by atoms with E-state index in [1.54, 1.807) is 30.3 Å². The van der Waals surface area contributed by atoms with Gasteiger partial charge < -0.3 is 20.4 Å². The van der Waals surface area contributed by atoms with Crippen LogP contribution in [0.4, 0.5) is 11.4 Å². The highest BCUT2D eigenvalue weighted by Gasteiger charge is 2.22. The number of nitrogens with zero attached hydrogens (tertiary/aromatic N) is 3. The van der Waals surface area contributed by atoms with Crippen molar-refractivity contribution in [3.63, 3.8) is 0 Å². The molecule has 3 aromatic rings. The zero-order chi connectivity index (χ0) is 27.1. The maximum atomic E-state index is 13.0. The second-order valence-corrected chi connectivity index (χ2v) is 11.1. The van der Waals surface area contributed by atoms with Crippen LogP contribution in [-0.2, 0) is 6.42 Å². The number of thiophene rings is 1.